The highest BCUT2D eigenvalue weighted by Gasteiger charge is 2.14. The van der Waals surface area contributed by atoms with E-state index < -0.39 is 0 Å². The fourth-order valence-electron chi connectivity index (χ4n) is 2.41. The molecule has 0 radical (unpaired) electrons. The summed E-state index contributed by atoms with van der Waals surface area (Å²) < 4.78 is 5.34. The van der Waals surface area contributed by atoms with Gasteiger partial charge in [-0.15, -0.1) is 0 Å². The van der Waals surface area contributed by atoms with E-state index in [9.17, 15) is 0 Å². The Morgan fingerprint density at radius 3 is 2.81 bits per heavy atom. The van der Waals surface area contributed by atoms with Gasteiger partial charge in [0.05, 0.1) is 7.11 Å². The largest absolute Gasteiger partial charge is 0.497 e. The fraction of sp³-hybridized carbons (Fsp3) is 0.389. The van der Waals surface area contributed by atoms with Crippen LogP contribution in [0.4, 0.5) is 0 Å². The van der Waals surface area contributed by atoms with E-state index in [-0.39, 0.29) is 6.04 Å². The van der Waals surface area contributed by atoms with Gasteiger partial charge in [-0.25, -0.2) is 0 Å². The van der Waals surface area contributed by atoms with Crippen molar-refractivity contribution in [3.05, 3.63) is 59.4 Å². The lowest BCUT2D eigenvalue weighted by Gasteiger charge is -2.20. The molecule has 21 heavy (non-hydrogen) atoms. The summed E-state index contributed by atoms with van der Waals surface area (Å²) in [7, 11) is 1.70. The van der Waals surface area contributed by atoms with E-state index in [0.717, 1.165) is 30.8 Å². The fourth-order valence-corrected chi connectivity index (χ4v) is 2.41. The Morgan fingerprint density at radius 2 is 2.10 bits per heavy atom. The Morgan fingerprint density at radius 1 is 1.24 bits per heavy atom. The smallest absolute Gasteiger partial charge is 0.119 e. The SMILES string of the molecule is CCCNC(Cc1ncccc1C)c1cccc(OC)c1. The molecular formula is C18H24N2O. The second-order valence-electron chi connectivity index (χ2n) is 5.25. The maximum Gasteiger partial charge on any atom is 0.119 e. The van der Waals surface area contributed by atoms with E-state index in [4.69, 9.17) is 4.74 Å². The number of pyridine rings is 1. The number of methoxy groups -OCH3 is 1. The summed E-state index contributed by atoms with van der Waals surface area (Å²) in [6.07, 6.45) is 3.87. The first kappa shape index (κ1) is 15.5. The third-order valence-electron chi connectivity index (χ3n) is 3.65. The molecule has 0 aliphatic heterocycles. The standard InChI is InChI=1S/C18H24N2O/c1-4-10-19-18(13-17-14(2)7-6-11-20-17)15-8-5-9-16(12-15)21-3/h5-9,11-12,18-19H,4,10,13H2,1-3H3. The summed E-state index contributed by atoms with van der Waals surface area (Å²) in [5.74, 6) is 0.897. The molecule has 0 fully saturated rings. The van der Waals surface area contributed by atoms with Crippen LogP contribution in [0.2, 0.25) is 0 Å². The van der Waals surface area contributed by atoms with Crippen LogP contribution in [0.5, 0.6) is 5.75 Å². The maximum absolute atomic E-state index is 5.34. The molecular weight excluding hydrogens is 260 g/mol. The van der Waals surface area contributed by atoms with Crippen molar-refractivity contribution >= 4 is 0 Å². The first-order valence-corrected chi connectivity index (χ1v) is 7.52. The molecule has 1 aromatic heterocycles. The van der Waals surface area contributed by atoms with Crippen LogP contribution >= 0.6 is 0 Å². The predicted molar refractivity (Wildman–Crippen MR) is 86.7 cm³/mol. The normalized spacial score (nSPS) is 12.1. The summed E-state index contributed by atoms with van der Waals surface area (Å²) in [5.41, 5.74) is 3.63. The van der Waals surface area contributed by atoms with E-state index in [2.05, 4.69) is 42.3 Å². The van der Waals surface area contributed by atoms with Crippen LogP contribution in [0.25, 0.3) is 0 Å². The molecule has 2 aromatic rings. The first-order valence-electron chi connectivity index (χ1n) is 7.52. The molecule has 0 aliphatic rings. The molecule has 1 atom stereocenters. The highest BCUT2D eigenvalue weighted by molar-refractivity contribution is 5.32. The number of hydrogen-bond donors (Lipinski definition) is 1. The number of nitrogens with one attached hydrogen (secondary N) is 1. The summed E-state index contributed by atoms with van der Waals surface area (Å²) in [6.45, 7) is 5.29. The highest BCUT2D eigenvalue weighted by atomic mass is 16.5. The Balaban J connectivity index is 2.23. The average Bonchev–Trinajstić information content (AvgIpc) is 2.53. The van der Waals surface area contributed by atoms with Crippen molar-refractivity contribution in [1.82, 2.24) is 10.3 Å². The second-order valence-corrected chi connectivity index (χ2v) is 5.25. The molecule has 0 saturated carbocycles. The lowest BCUT2D eigenvalue weighted by Crippen LogP contribution is -2.24. The maximum atomic E-state index is 5.34. The third kappa shape index (κ3) is 4.30. The number of ether oxygens (including phenoxy) is 1. The predicted octanol–water partition coefficient (Wildman–Crippen LogP) is 3.68. The molecule has 1 N–H and O–H groups in total. The van der Waals surface area contributed by atoms with Gasteiger partial charge in [0.2, 0.25) is 0 Å². The number of benzene rings is 1. The Hall–Kier alpha value is -1.87. The van der Waals surface area contributed by atoms with Crippen molar-refractivity contribution < 1.29 is 4.74 Å². The van der Waals surface area contributed by atoms with Crippen LogP contribution in [0.3, 0.4) is 0 Å². The van der Waals surface area contributed by atoms with Crippen molar-refractivity contribution in [3.8, 4) is 5.75 Å². The molecule has 0 amide bonds. The zero-order chi connectivity index (χ0) is 15.1. The minimum absolute atomic E-state index is 0.258. The van der Waals surface area contributed by atoms with Gasteiger partial charge in [-0.3, -0.25) is 4.98 Å². The second kappa shape index (κ2) is 7.79. The van der Waals surface area contributed by atoms with E-state index in [1.807, 2.05) is 24.4 Å². The van der Waals surface area contributed by atoms with Crippen molar-refractivity contribution in [2.75, 3.05) is 13.7 Å². The van der Waals surface area contributed by atoms with Crippen LogP contribution in [-0.2, 0) is 6.42 Å². The van der Waals surface area contributed by atoms with E-state index in [1.54, 1.807) is 7.11 Å². The molecule has 0 saturated heterocycles. The van der Waals surface area contributed by atoms with Gasteiger partial charge in [0, 0.05) is 24.4 Å². The van der Waals surface area contributed by atoms with Gasteiger partial charge >= 0.3 is 0 Å². The van der Waals surface area contributed by atoms with E-state index >= 15 is 0 Å². The average molecular weight is 284 g/mol. The lowest BCUT2D eigenvalue weighted by molar-refractivity contribution is 0.412. The van der Waals surface area contributed by atoms with Crippen molar-refractivity contribution in [3.63, 3.8) is 0 Å². The Kier molecular flexibility index (Phi) is 5.76. The van der Waals surface area contributed by atoms with Crippen molar-refractivity contribution in [2.24, 2.45) is 0 Å². The zero-order valence-corrected chi connectivity index (χ0v) is 13.1. The first-order chi connectivity index (χ1) is 10.2. The van der Waals surface area contributed by atoms with Crippen molar-refractivity contribution in [2.45, 2.75) is 32.7 Å². The van der Waals surface area contributed by atoms with Gasteiger partial charge in [-0.05, 0) is 49.2 Å². The molecule has 0 aliphatic carbocycles. The molecule has 112 valence electrons. The monoisotopic (exact) mass is 284 g/mol. The molecule has 2 rings (SSSR count). The van der Waals surface area contributed by atoms with Crippen LogP contribution in [-0.4, -0.2) is 18.6 Å². The molecule has 3 nitrogen and oxygen atoms in total. The summed E-state index contributed by atoms with van der Waals surface area (Å²) in [5, 5.41) is 3.62. The highest BCUT2D eigenvalue weighted by Crippen LogP contribution is 2.23. The zero-order valence-electron chi connectivity index (χ0n) is 13.1. The minimum atomic E-state index is 0.258. The van der Waals surface area contributed by atoms with Gasteiger partial charge in [0.15, 0.2) is 0 Å². The molecule has 0 spiro atoms. The summed E-state index contributed by atoms with van der Waals surface area (Å²) in [6, 6.07) is 12.6. The van der Waals surface area contributed by atoms with Gasteiger partial charge in [-0.2, -0.15) is 0 Å². The van der Waals surface area contributed by atoms with Gasteiger partial charge in [0.25, 0.3) is 0 Å². The van der Waals surface area contributed by atoms with Crippen LogP contribution in [0, 0.1) is 6.92 Å². The number of nitrogens with zero attached hydrogens (tertiary/aromatic N) is 1. The Labute approximate surface area is 127 Å². The van der Waals surface area contributed by atoms with Crippen LogP contribution < -0.4 is 10.1 Å². The van der Waals surface area contributed by atoms with Gasteiger partial charge in [0.1, 0.15) is 5.75 Å². The molecule has 1 unspecified atom stereocenters. The van der Waals surface area contributed by atoms with E-state index in [0.29, 0.717) is 0 Å². The molecule has 1 aromatic carbocycles. The van der Waals surface area contributed by atoms with Crippen LogP contribution in [0.1, 0.15) is 36.2 Å². The third-order valence-corrected chi connectivity index (χ3v) is 3.65. The van der Waals surface area contributed by atoms with Gasteiger partial charge < -0.3 is 10.1 Å². The van der Waals surface area contributed by atoms with Crippen molar-refractivity contribution in [1.29, 1.82) is 0 Å². The summed E-state index contributed by atoms with van der Waals surface area (Å²) >= 11 is 0. The quantitative estimate of drug-likeness (QED) is 0.842. The number of aryl methyl sites for hydroxylation is 1. The molecule has 1 heterocycles. The van der Waals surface area contributed by atoms with E-state index in [1.165, 1.54) is 11.1 Å². The van der Waals surface area contributed by atoms with Gasteiger partial charge in [-0.1, -0.05) is 25.1 Å². The van der Waals surface area contributed by atoms with Crippen LogP contribution in [0.15, 0.2) is 42.6 Å². The summed E-state index contributed by atoms with van der Waals surface area (Å²) in [4.78, 5) is 4.52. The number of aromatic nitrogens is 1. The molecule has 0 bridgehead atoms. The number of hydrogen-bond acceptors (Lipinski definition) is 3. The Bertz CT molecular complexity index is 569. The number of rotatable bonds is 7. The lowest BCUT2D eigenvalue weighted by atomic mass is 9.99. The molecule has 3 heteroatoms. The minimum Gasteiger partial charge on any atom is -0.497 e. The topological polar surface area (TPSA) is 34.2 Å².